The lowest BCUT2D eigenvalue weighted by Gasteiger charge is -2.34. The van der Waals surface area contributed by atoms with Crippen LogP contribution in [0.25, 0.3) is 21.8 Å². The molecule has 10 heteroatoms. The summed E-state index contributed by atoms with van der Waals surface area (Å²) in [5.41, 5.74) is 2.67. The number of aromatic nitrogens is 4. The summed E-state index contributed by atoms with van der Waals surface area (Å²) in [7, 11) is 3.28. The minimum atomic E-state index is 0.0316. The standard InChI is InChI=1S/C29H34N6O4/c1-19-4-5-23-22(14-19)28(36)35(18-30-23)17-20-6-8-33(9-7-20)27-21-15-25(37-2)26(38-3)16-24(21)31-29(32-27)34-10-12-39-13-11-34/h4-5,14-16,18,20H,6-13,17H2,1-3H3. The maximum atomic E-state index is 13.1. The Morgan fingerprint density at radius 2 is 1.64 bits per heavy atom. The van der Waals surface area contributed by atoms with Gasteiger partial charge in [0.25, 0.3) is 5.56 Å². The van der Waals surface area contributed by atoms with E-state index < -0.39 is 0 Å². The van der Waals surface area contributed by atoms with Gasteiger partial charge < -0.3 is 24.0 Å². The van der Waals surface area contributed by atoms with Crippen LogP contribution in [0.4, 0.5) is 11.8 Å². The van der Waals surface area contributed by atoms with E-state index in [2.05, 4.69) is 14.8 Å². The maximum absolute atomic E-state index is 13.1. The Hall–Kier alpha value is -3.92. The third-order valence-electron chi connectivity index (χ3n) is 7.81. The zero-order chi connectivity index (χ0) is 26.9. The predicted octanol–water partition coefficient (Wildman–Crippen LogP) is 3.42. The molecule has 0 unspecified atom stereocenters. The second-order valence-corrected chi connectivity index (χ2v) is 10.3. The van der Waals surface area contributed by atoms with Gasteiger partial charge >= 0.3 is 0 Å². The Morgan fingerprint density at radius 1 is 0.897 bits per heavy atom. The number of fused-ring (bicyclic) bond motifs is 2. The van der Waals surface area contributed by atoms with Crippen molar-refractivity contribution in [3.05, 3.63) is 52.6 Å². The van der Waals surface area contributed by atoms with E-state index in [0.29, 0.717) is 48.5 Å². The van der Waals surface area contributed by atoms with Crippen LogP contribution in [0.15, 0.2) is 41.5 Å². The van der Waals surface area contributed by atoms with Gasteiger partial charge in [-0.2, -0.15) is 4.98 Å². The molecule has 0 bridgehead atoms. The third-order valence-corrected chi connectivity index (χ3v) is 7.81. The molecular formula is C29H34N6O4. The molecule has 2 fully saturated rings. The van der Waals surface area contributed by atoms with E-state index in [1.54, 1.807) is 25.1 Å². The van der Waals surface area contributed by atoms with Crippen molar-refractivity contribution in [2.24, 2.45) is 5.92 Å². The highest BCUT2D eigenvalue weighted by Crippen LogP contribution is 2.37. The molecule has 0 spiro atoms. The van der Waals surface area contributed by atoms with Crippen LogP contribution in [0.2, 0.25) is 0 Å². The van der Waals surface area contributed by atoms with Gasteiger partial charge in [-0.15, -0.1) is 0 Å². The summed E-state index contributed by atoms with van der Waals surface area (Å²) in [6, 6.07) is 9.73. The van der Waals surface area contributed by atoms with Crippen molar-refractivity contribution in [2.45, 2.75) is 26.3 Å². The number of nitrogens with zero attached hydrogens (tertiary/aromatic N) is 6. The molecule has 6 rings (SSSR count). The maximum Gasteiger partial charge on any atom is 0.261 e. The van der Waals surface area contributed by atoms with Gasteiger partial charge in [-0.25, -0.2) is 9.97 Å². The number of morpholine rings is 1. The van der Waals surface area contributed by atoms with E-state index in [-0.39, 0.29) is 5.56 Å². The van der Waals surface area contributed by atoms with E-state index in [1.807, 2.05) is 37.3 Å². The number of ether oxygens (including phenoxy) is 3. The quantitative estimate of drug-likeness (QED) is 0.372. The highest BCUT2D eigenvalue weighted by molar-refractivity contribution is 5.93. The number of hydrogen-bond acceptors (Lipinski definition) is 9. The average Bonchev–Trinajstić information content (AvgIpc) is 2.98. The monoisotopic (exact) mass is 530 g/mol. The Morgan fingerprint density at radius 3 is 2.38 bits per heavy atom. The number of piperidine rings is 1. The molecule has 2 aliphatic rings. The SMILES string of the molecule is COc1cc2nc(N3CCOCC3)nc(N3CCC(Cn4cnc5ccc(C)cc5c4=O)CC3)c2cc1OC. The van der Waals surface area contributed by atoms with Crippen molar-refractivity contribution in [3.63, 3.8) is 0 Å². The minimum Gasteiger partial charge on any atom is -0.493 e. The number of aryl methyl sites for hydroxylation is 1. The van der Waals surface area contributed by atoms with Gasteiger partial charge in [0.05, 0.1) is 50.2 Å². The molecule has 2 aromatic heterocycles. The van der Waals surface area contributed by atoms with Crippen molar-refractivity contribution < 1.29 is 14.2 Å². The van der Waals surface area contributed by atoms with Crippen LogP contribution < -0.4 is 24.8 Å². The first kappa shape index (κ1) is 25.4. The summed E-state index contributed by atoms with van der Waals surface area (Å²) < 4.78 is 18.5. The first-order valence-electron chi connectivity index (χ1n) is 13.5. The number of benzene rings is 2. The largest absolute Gasteiger partial charge is 0.493 e. The average molecular weight is 531 g/mol. The summed E-state index contributed by atoms with van der Waals surface area (Å²) in [5, 5.41) is 1.62. The van der Waals surface area contributed by atoms with Crippen LogP contribution in [0, 0.1) is 12.8 Å². The van der Waals surface area contributed by atoms with Gasteiger partial charge in [0.15, 0.2) is 11.5 Å². The Balaban J connectivity index is 1.27. The topological polar surface area (TPSA) is 94.8 Å². The lowest BCUT2D eigenvalue weighted by Crippen LogP contribution is -2.39. The van der Waals surface area contributed by atoms with Crippen molar-refractivity contribution in [1.82, 2.24) is 19.5 Å². The van der Waals surface area contributed by atoms with Crippen molar-refractivity contribution in [2.75, 3.05) is 63.4 Å². The molecule has 2 aliphatic heterocycles. The molecule has 4 heterocycles. The van der Waals surface area contributed by atoms with Crippen molar-refractivity contribution in [1.29, 1.82) is 0 Å². The first-order chi connectivity index (χ1) is 19.0. The second-order valence-electron chi connectivity index (χ2n) is 10.3. The smallest absolute Gasteiger partial charge is 0.261 e. The van der Waals surface area contributed by atoms with Crippen LogP contribution in [-0.2, 0) is 11.3 Å². The van der Waals surface area contributed by atoms with E-state index in [1.165, 1.54) is 0 Å². The van der Waals surface area contributed by atoms with Gasteiger partial charge in [0, 0.05) is 44.2 Å². The lowest BCUT2D eigenvalue weighted by molar-refractivity contribution is 0.122. The van der Waals surface area contributed by atoms with Crippen LogP contribution in [0.5, 0.6) is 11.5 Å². The van der Waals surface area contributed by atoms with E-state index >= 15 is 0 Å². The predicted molar refractivity (Wildman–Crippen MR) is 151 cm³/mol. The lowest BCUT2D eigenvalue weighted by atomic mass is 9.96. The molecule has 0 amide bonds. The van der Waals surface area contributed by atoms with E-state index in [0.717, 1.165) is 66.8 Å². The van der Waals surface area contributed by atoms with Gasteiger partial charge in [-0.3, -0.25) is 9.36 Å². The fourth-order valence-electron chi connectivity index (χ4n) is 5.58. The number of anilines is 2. The molecule has 2 aromatic carbocycles. The summed E-state index contributed by atoms with van der Waals surface area (Å²) in [6.07, 6.45) is 3.59. The molecule has 10 nitrogen and oxygen atoms in total. The summed E-state index contributed by atoms with van der Waals surface area (Å²) in [6.45, 7) is 7.18. The van der Waals surface area contributed by atoms with Crippen molar-refractivity contribution in [3.8, 4) is 11.5 Å². The molecule has 0 saturated carbocycles. The Bertz CT molecular complexity index is 1560. The molecule has 0 N–H and O–H groups in total. The Labute approximate surface area is 227 Å². The van der Waals surface area contributed by atoms with Gasteiger partial charge in [-0.05, 0) is 43.9 Å². The molecule has 2 saturated heterocycles. The normalized spacial score (nSPS) is 16.7. The van der Waals surface area contributed by atoms with Crippen molar-refractivity contribution >= 4 is 33.6 Å². The summed E-state index contributed by atoms with van der Waals surface area (Å²) in [5.74, 6) is 3.29. The fourth-order valence-corrected chi connectivity index (χ4v) is 5.58. The van der Waals surface area contributed by atoms with Crippen LogP contribution >= 0.6 is 0 Å². The van der Waals surface area contributed by atoms with Crippen LogP contribution in [0.1, 0.15) is 18.4 Å². The Kier molecular flexibility index (Phi) is 6.95. The highest BCUT2D eigenvalue weighted by atomic mass is 16.5. The molecule has 204 valence electrons. The highest BCUT2D eigenvalue weighted by Gasteiger charge is 2.26. The molecule has 0 atom stereocenters. The zero-order valence-corrected chi connectivity index (χ0v) is 22.7. The fraction of sp³-hybridized carbons (Fsp3) is 0.448. The molecule has 4 aromatic rings. The summed E-state index contributed by atoms with van der Waals surface area (Å²) >= 11 is 0. The van der Waals surface area contributed by atoms with Crippen LogP contribution in [0.3, 0.4) is 0 Å². The minimum absolute atomic E-state index is 0.0316. The number of rotatable bonds is 6. The number of methoxy groups -OCH3 is 2. The second kappa shape index (κ2) is 10.7. The number of hydrogen-bond donors (Lipinski definition) is 0. The van der Waals surface area contributed by atoms with Crippen LogP contribution in [-0.4, -0.2) is 73.1 Å². The van der Waals surface area contributed by atoms with Gasteiger partial charge in [0.2, 0.25) is 5.95 Å². The molecular weight excluding hydrogens is 496 g/mol. The molecule has 39 heavy (non-hydrogen) atoms. The summed E-state index contributed by atoms with van der Waals surface area (Å²) in [4.78, 5) is 32.2. The van der Waals surface area contributed by atoms with E-state index in [4.69, 9.17) is 24.2 Å². The first-order valence-corrected chi connectivity index (χ1v) is 13.5. The zero-order valence-electron chi connectivity index (χ0n) is 22.7. The van der Waals surface area contributed by atoms with Gasteiger partial charge in [0.1, 0.15) is 5.82 Å². The van der Waals surface area contributed by atoms with E-state index in [9.17, 15) is 4.79 Å². The third kappa shape index (κ3) is 4.96. The molecule has 0 radical (unpaired) electrons. The molecule has 0 aliphatic carbocycles. The van der Waals surface area contributed by atoms with Gasteiger partial charge in [-0.1, -0.05) is 11.6 Å².